The Morgan fingerprint density at radius 2 is 1.86 bits per heavy atom. The zero-order chi connectivity index (χ0) is 15.3. The Bertz CT molecular complexity index is 626. The van der Waals surface area contributed by atoms with E-state index in [4.69, 9.17) is 19.5 Å². The maximum Gasteiger partial charge on any atom is 0.346 e. The van der Waals surface area contributed by atoms with Crippen LogP contribution in [0.3, 0.4) is 0 Å². The van der Waals surface area contributed by atoms with Gasteiger partial charge in [-0.15, -0.1) is 0 Å². The molecule has 0 fully saturated rings. The fraction of sp³-hybridized carbons (Fsp3) is 0. The molecule has 0 aliphatic heterocycles. The summed E-state index contributed by atoms with van der Waals surface area (Å²) in [6, 6.07) is 5.00. The molecule has 0 bridgehead atoms. The van der Waals surface area contributed by atoms with E-state index in [9.17, 15) is 4.79 Å². The number of hydrogen-bond donors (Lipinski definition) is 1. The van der Waals surface area contributed by atoms with Gasteiger partial charge in [0.15, 0.2) is 0 Å². The van der Waals surface area contributed by atoms with Crippen LogP contribution in [0.5, 0.6) is 5.95 Å². The molecule has 0 aliphatic rings. The SMILES string of the molecule is N#CC(=CC=CC=CC=CC=COc1ccco1)C(=O)O. The highest BCUT2D eigenvalue weighted by molar-refractivity contribution is 5.91. The molecule has 1 heterocycles. The maximum absolute atomic E-state index is 10.5. The van der Waals surface area contributed by atoms with Crippen LogP contribution in [0.4, 0.5) is 0 Å². The number of furan rings is 1. The van der Waals surface area contributed by atoms with E-state index in [0.29, 0.717) is 5.95 Å². The van der Waals surface area contributed by atoms with Gasteiger partial charge in [-0.3, -0.25) is 0 Å². The van der Waals surface area contributed by atoms with Gasteiger partial charge in [0.05, 0.1) is 12.5 Å². The molecule has 106 valence electrons. The van der Waals surface area contributed by atoms with Gasteiger partial charge in [-0.2, -0.15) is 5.26 Å². The van der Waals surface area contributed by atoms with Crippen molar-refractivity contribution in [1.82, 2.24) is 0 Å². The van der Waals surface area contributed by atoms with Crippen molar-refractivity contribution in [3.63, 3.8) is 0 Å². The first-order valence-corrected chi connectivity index (χ1v) is 5.94. The predicted molar refractivity (Wildman–Crippen MR) is 77.2 cm³/mol. The molecule has 0 unspecified atom stereocenters. The zero-order valence-corrected chi connectivity index (χ0v) is 11.0. The Labute approximate surface area is 122 Å². The smallest absolute Gasteiger partial charge is 0.346 e. The highest BCUT2D eigenvalue weighted by Gasteiger charge is 2.01. The van der Waals surface area contributed by atoms with E-state index >= 15 is 0 Å². The molecule has 0 spiro atoms. The molecule has 5 nitrogen and oxygen atoms in total. The quantitative estimate of drug-likeness (QED) is 0.359. The normalized spacial score (nSPS) is 12.6. The van der Waals surface area contributed by atoms with Gasteiger partial charge < -0.3 is 14.3 Å². The summed E-state index contributed by atoms with van der Waals surface area (Å²) in [5.41, 5.74) is -0.312. The molecule has 1 N–H and O–H groups in total. The lowest BCUT2D eigenvalue weighted by atomic mass is 10.2. The average molecular weight is 283 g/mol. The first-order valence-electron chi connectivity index (χ1n) is 5.94. The number of allylic oxidation sites excluding steroid dienone is 8. The highest BCUT2D eigenvalue weighted by atomic mass is 16.6. The van der Waals surface area contributed by atoms with E-state index in [-0.39, 0.29) is 5.57 Å². The third-order valence-corrected chi connectivity index (χ3v) is 2.04. The fourth-order valence-corrected chi connectivity index (χ4v) is 1.11. The van der Waals surface area contributed by atoms with E-state index in [1.807, 2.05) is 0 Å². The van der Waals surface area contributed by atoms with Crippen LogP contribution in [-0.2, 0) is 4.79 Å². The van der Waals surface area contributed by atoms with Crippen molar-refractivity contribution in [2.45, 2.75) is 0 Å². The molecular formula is C16H13NO4. The summed E-state index contributed by atoms with van der Waals surface area (Å²) in [5.74, 6) is -0.829. The molecule has 0 aromatic carbocycles. The third-order valence-electron chi connectivity index (χ3n) is 2.04. The van der Waals surface area contributed by atoms with Crippen molar-refractivity contribution in [3.8, 4) is 12.0 Å². The summed E-state index contributed by atoms with van der Waals surface area (Å²) in [7, 11) is 0. The van der Waals surface area contributed by atoms with Crippen molar-refractivity contribution in [2.24, 2.45) is 0 Å². The minimum atomic E-state index is -1.24. The first kappa shape index (κ1) is 15.8. The van der Waals surface area contributed by atoms with Gasteiger partial charge in [-0.05, 0) is 18.2 Å². The number of nitrogens with zero attached hydrogens (tertiary/aromatic N) is 1. The van der Waals surface area contributed by atoms with E-state index < -0.39 is 5.97 Å². The van der Waals surface area contributed by atoms with Crippen LogP contribution in [0.2, 0.25) is 0 Å². The summed E-state index contributed by atoms with van der Waals surface area (Å²) in [5, 5.41) is 17.1. The number of carboxylic acids is 1. The summed E-state index contributed by atoms with van der Waals surface area (Å²) in [6.45, 7) is 0. The Morgan fingerprint density at radius 3 is 2.43 bits per heavy atom. The van der Waals surface area contributed by atoms with Crippen LogP contribution in [0.1, 0.15) is 0 Å². The van der Waals surface area contributed by atoms with Gasteiger partial charge >= 0.3 is 5.97 Å². The minimum absolute atomic E-state index is 0.312. The number of hydrogen-bond acceptors (Lipinski definition) is 4. The molecular weight excluding hydrogens is 270 g/mol. The number of aliphatic carboxylic acids is 1. The Kier molecular flexibility index (Phi) is 7.25. The molecule has 0 atom stereocenters. The first-order chi connectivity index (χ1) is 10.2. The van der Waals surface area contributed by atoms with E-state index in [0.717, 1.165) is 0 Å². The summed E-state index contributed by atoms with van der Waals surface area (Å²) in [4.78, 5) is 10.5. The van der Waals surface area contributed by atoms with Crippen molar-refractivity contribution in [3.05, 3.63) is 78.8 Å². The molecule has 5 heteroatoms. The van der Waals surface area contributed by atoms with E-state index in [1.165, 1.54) is 24.7 Å². The number of nitriles is 1. The number of carboxylic acid groups (broad SMARTS) is 1. The van der Waals surface area contributed by atoms with Crippen LogP contribution in [0, 0.1) is 11.3 Å². The maximum atomic E-state index is 10.5. The lowest BCUT2D eigenvalue weighted by Gasteiger charge is -1.89. The topological polar surface area (TPSA) is 83.5 Å². The van der Waals surface area contributed by atoms with Crippen molar-refractivity contribution >= 4 is 5.97 Å². The van der Waals surface area contributed by atoms with Gasteiger partial charge in [0.1, 0.15) is 11.6 Å². The number of rotatable bonds is 7. The van der Waals surface area contributed by atoms with Gasteiger partial charge in [0.25, 0.3) is 5.95 Å². The van der Waals surface area contributed by atoms with Crippen LogP contribution in [0.15, 0.2) is 83.3 Å². The lowest BCUT2D eigenvalue weighted by Crippen LogP contribution is -1.96. The second-order valence-corrected chi connectivity index (χ2v) is 3.53. The third kappa shape index (κ3) is 7.03. The van der Waals surface area contributed by atoms with Crippen LogP contribution in [-0.4, -0.2) is 11.1 Å². The molecule has 1 aromatic heterocycles. The standard InChI is InChI=1S/C16H13NO4/c17-13-14(16(18)19)9-6-4-2-1-3-5-7-11-20-15-10-8-12-21-15/h1-12H,(H,18,19). The van der Waals surface area contributed by atoms with Gasteiger partial charge in [0.2, 0.25) is 0 Å². The summed E-state index contributed by atoms with van der Waals surface area (Å²) in [6.07, 6.45) is 16.0. The number of ether oxygens (including phenoxy) is 1. The minimum Gasteiger partial charge on any atom is -0.477 e. The molecule has 0 amide bonds. The number of carbonyl (C=O) groups is 1. The van der Waals surface area contributed by atoms with Gasteiger partial charge in [-0.25, -0.2) is 4.79 Å². The van der Waals surface area contributed by atoms with Gasteiger partial charge in [-0.1, -0.05) is 36.5 Å². The molecule has 1 rings (SSSR count). The second-order valence-electron chi connectivity index (χ2n) is 3.53. The Morgan fingerprint density at radius 1 is 1.19 bits per heavy atom. The Balaban J connectivity index is 2.31. The van der Waals surface area contributed by atoms with Crippen LogP contribution in [0.25, 0.3) is 0 Å². The van der Waals surface area contributed by atoms with E-state index in [1.54, 1.807) is 54.7 Å². The summed E-state index contributed by atoms with van der Waals surface area (Å²) < 4.78 is 10.1. The van der Waals surface area contributed by atoms with Crippen molar-refractivity contribution < 1.29 is 19.1 Å². The summed E-state index contributed by atoms with van der Waals surface area (Å²) >= 11 is 0. The highest BCUT2D eigenvalue weighted by Crippen LogP contribution is 2.09. The molecule has 0 aliphatic carbocycles. The van der Waals surface area contributed by atoms with Crippen molar-refractivity contribution in [2.75, 3.05) is 0 Å². The van der Waals surface area contributed by atoms with E-state index in [2.05, 4.69) is 0 Å². The molecule has 0 saturated carbocycles. The van der Waals surface area contributed by atoms with Gasteiger partial charge in [0, 0.05) is 6.07 Å². The lowest BCUT2D eigenvalue weighted by molar-refractivity contribution is -0.132. The molecule has 0 saturated heterocycles. The largest absolute Gasteiger partial charge is 0.477 e. The van der Waals surface area contributed by atoms with Crippen molar-refractivity contribution in [1.29, 1.82) is 5.26 Å². The molecule has 0 radical (unpaired) electrons. The second kappa shape index (κ2) is 9.64. The van der Waals surface area contributed by atoms with Crippen LogP contribution < -0.4 is 4.74 Å². The molecule has 1 aromatic rings. The zero-order valence-electron chi connectivity index (χ0n) is 11.0. The average Bonchev–Trinajstić information content (AvgIpc) is 2.97. The monoisotopic (exact) mass is 283 g/mol. The molecule has 21 heavy (non-hydrogen) atoms. The Hall–Kier alpha value is -3.26. The van der Waals surface area contributed by atoms with Crippen LogP contribution >= 0.6 is 0 Å². The predicted octanol–water partition coefficient (Wildman–Crippen LogP) is 3.38. The fourth-order valence-electron chi connectivity index (χ4n) is 1.11.